The highest BCUT2D eigenvalue weighted by Crippen LogP contribution is 2.22. The Hall–Kier alpha value is -2.41. The maximum Gasteiger partial charge on any atom is 0.261 e. The number of carbonyl (C=O) groups is 4. The smallest absolute Gasteiger partial charge is 0.261 e. The molecule has 1 aromatic rings. The van der Waals surface area contributed by atoms with Crippen molar-refractivity contribution in [2.45, 2.75) is 26.7 Å². The fourth-order valence-electron chi connectivity index (χ4n) is 2.61. The van der Waals surface area contributed by atoms with Crippen LogP contribution in [0.2, 0.25) is 0 Å². The first kappa shape index (κ1) is 20.9. The molecule has 0 unspecified atom stereocenters. The molecule has 1 heterocycles. The number of halogens is 1. The van der Waals surface area contributed by atoms with Gasteiger partial charge in [-0.2, -0.15) is 0 Å². The van der Waals surface area contributed by atoms with Gasteiger partial charge in [0.15, 0.2) is 0 Å². The van der Waals surface area contributed by atoms with Crippen molar-refractivity contribution in [3.63, 3.8) is 0 Å². The summed E-state index contributed by atoms with van der Waals surface area (Å²) >= 11 is 5.73. The van der Waals surface area contributed by atoms with Gasteiger partial charge in [-0.3, -0.25) is 24.1 Å². The number of carbonyl (C=O) groups excluding carboxylic acids is 4. The maximum absolute atomic E-state index is 12.2. The largest absolute Gasteiger partial charge is 0.354 e. The fraction of sp³-hybridized carbons (Fsp3) is 0.474. The van der Waals surface area contributed by atoms with Crippen LogP contribution >= 0.6 is 11.6 Å². The number of nitrogens with one attached hydrogen (secondary N) is 2. The number of alkyl halides is 1. The summed E-state index contributed by atoms with van der Waals surface area (Å²) in [5, 5.41) is 5.41. The number of imide groups is 1. The predicted octanol–water partition coefficient (Wildman–Crippen LogP) is 1.56. The average Bonchev–Trinajstić information content (AvgIpc) is 2.90. The minimum atomic E-state index is -0.655. The summed E-state index contributed by atoms with van der Waals surface area (Å²) in [7, 11) is 0. The van der Waals surface area contributed by atoms with E-state index in [4.69, 9.17) is 11.6 Å². The van der Waals surface area contributed by atoms with Gasteiger partial charge in [0.05, 0.1) is 16.5 Å². The van der Waals surface area contributed by atoms with Gasteiger partial charge >= 0.3 is 0 Å². The van der Waals surface area contributed by atoms with Crippen LogP contribution in [0.1, 0.15) is 47.4 Å². The Balaban J connectivity index is 1.67. The van der Waals surface area contributed by atoms with E-state index in [-0.39, 0.29) is 42.5 Å². The van der Waals surface area contributed by atoms with Crippen LogP contribution in [0.3, 0.4) is 0 Å². The summed E-state index contributed by atoms with van der Waals surface area (Å²) in [6, 6.07) is 6.69. The van der Waals surface area contributed by atoms with Gasteiger partial charge in [-0.15, -0.1) is 11.6 Å². The Morgan fingerprint density at radius 2 is 1.59 bits per heavy atom. The Kier molecular flexibility index (Phi) is 6.96. The Morgan fingerprint density at radius 1 is 1.04 bits per heavy atom. The molecule has 4 amide bonds. The molecule has 8 heteroatoms. The molecule has 0 aliphatic carbocycles. The molecule has 1 aliphatic heterocycles. The zero-order valence-corrected chi connectivity index (χ0v) is 16.3. The molecular weight excluding hydrogens is 370 g/mol. The molecule has 1 aliphatic rings. The molecule has 1 aromatic carbocycles. The molecule has 2 rings (SSSR count). The molecule has 0 spiro atoms. The van der Waals surface area contributed by atoms with Crippen molar-refractivity contribution in [1.29, 1.82) is 0 Å². The van der Waals surface area contributed by atoms with Crippen LogP contribution in [-0.2, 0) is 9.59 Å². The van der Waals surface area contributed by atoms with Gasteiger partial charge in [-0.05, 0) is 32.4 Å². The lowest BCUT2D eigenvalue weighted by Crippen LogP contribution is -2.42. The minimum absolute atomic E-state index is 0.169. The van der Waals surface area contributed by atoms with Crippen LogP contribution in [0.5, 0.6) is 0 Å². The van der Waals surface area contributed by atoms with Crippen LogP contribution in [0.25, 0.3) is 0 Å². The van der Waals surface area contributed by atoms with E-state index >= 15 is 0 Å². The monoisotopic (exact) mass is 393 g/mol. The molecule has 0 bridgehead atoms. The molecule has 27 heavy (non-hydrogen) atoms. The van der Waals surface area contributed by atoms with Crippen molar-refractivity contribution in [1.82, 2.24) is 15.5 Å². The average molecular weight is 394 g/mol. The summed E-state index contributed by atoms with van der Waals surface area (Å²) in [4.78, 5) is 49.3. The normalized spacial score (nSPS) is 13.5. The van der Waals surface area contributed by atoms with E-state index in [9.17, 15) is 19.2 Å². The van der Waals surface area contributed by atoms with E-state index in [0.29, 0.717) is 30.6 Å². The van der Waals surface area contributed by atoms with E-state index in [0.717, 1.165) is 0 Å². The number of benzene rings is 1. The van der Waals surface area contributed by atoms with Crippen molar-refractivity contribution in [2.75, 3.05) is 25.5 Å². The first-order valence-corrected chi connectivity index (χ1v) is 9.37. The fourth-order valence-corrected chi connectivity index (χ4v) is 2.73. The molecule has 0 aromatic heterocycles. The van der Waals surface area contributed by atoms with Crippen LogP contribution < -0.4 is 10.6 Å². The van der Waals surface area contributed by atoms with E-state index < -0.39 is 5.41 Å². The van der Waals surface area contributed by atoms with Gasteiger partial charge < -0.3 is 10.6 Å². The van der Waals surface area contributed by atoms with Gasteiger partial charge in [0.2, 0.25) is 11.8 Å². The third-order valence-electron chi connectivity index (χ3n) is 4.35. The second-order valence-corrected chi connectivity index (χ2v) is 7.30. The molecule has 0 atom stereocenters. The highest BCUT2D eigenvalue weighted by molar-refractivity contribution is 6.21. The summed E-state index contributed by atoms with van der Waals surface area (Å²) in [6.07, 6.45) is 0.567. The summed E-state index contributed by atoms with van der Waals surface area (Å²) in [5.41, 5.74) is 0.155. The molecule has 7 nitrogen and oxygen atoms in total. The number of fused-ring (bicyclic) bond motifs is 1. The Bertz CT molecular complexity index is 713. The van der Waals surface area contributed by atoms with Gasteiger partial charge in [0, 0.05) is 31.9 Å². The lowest BCUT2D eigenvalue weighted by atomic mass is 9.95. The van der Waals surface area contributed by atoms with Gasteiger partial charge in [-0.25, -0.2) is 0 Å². The van der Waals surface area contributed by atoms with Crippen molar-refractivity contribution < 1.29 is 19.2 Å². The van der Waals surface area contributed by atoms with E-state index in [1.807, 2.05) is 0 Å². The van der Waals surface area contributed by atoms with Crippen molar-refractivity contribution in [3.8, 4) is 0 Å². The first-order chi connectivity index (χ1) is 12.8. The Morgan fingerprint density at radius 3 is 2.15 bits per heavy atom. The van der Waals surface area contributed by atoms with Crippen LogP contribution in [0.15, 0.2) is 24.3 Å². The molecule has 2 N–H and O–H groups in total. The number of hydrogen-bond donors (Lipinski definition) is 2. The Labute approximate surface area is 163 Å². The van der Waals surface area contributed by atoms with Gasteiger partial charge in [0.1, 0.15) is 0 Å². The number of rotatable bonds is 9. The molecule has 0 radical (unpaired) electrons. The summed E-state index contributed by atoms with van der Waals surface area (Å²) < 4.78 is 0. The molecule has 0 saturated heterocycles. The molecule has 0 saturated carbocycles. The zero-order chi connectivity index (χ0) is 20.0. The number of amides is 4. The minimum Gasteiger partial charge on any atom is -0.354 e. The quantitative estimate of drug-likeness (QED) is 0.378. The SMILES string of the molecule is CC(C)(CCl)C(=O)NCCNC(=O)CCCN1C(=O)c2ccccc2C1=O. The van der Waals surface area contributed by atoms with Gasteiger partial charge in [-0.1, -0.05) is 12.1 Å². The standard InChI is InChI=1S/C19H24ClN3O4/c1-19(2,12-20)18(27)22-10-9-21-15(24)8-5-11-23-16(25)13-6-3-4-7-14(13)17(23)26/h3-4,6-7H,5,8-12H2,1-2H3,(H,21,24)(H,22,27). The summed E-state index contributed by atoms with van der Waals surface area (Å²) in [6.45, 7) is 4.29. The molecular formula is C19H24ClN3O4. The van der Waals surface area contributed by atoms with E-state index in [2.05, 4.69) is 10.6 Å². The maximum atomic E-state index is 12.2. The van der Waals surface area contributed by atoms with E-state index in [1.165, 1.54) is 4.90 Å². The predicted molar refractivity (Wildman–Crippen MR) is 102 cm³/mol. The third-order valence-corrected chi connectivity index (χ3v) is 5.01. The highest BCUT2D eigenvalue weighted by Gasteiger charge is 2.34. The van der Waals surface area contributed by atoms with Crippen LogP contribution in [0.4, 0.5) is 0 Å². The van der Waals surface area contributed by atoms with E-state index in [1.54, 1.807) is 38.1 Å². The van der Waals surface area contributed by atoms with Crippen molar-refractivity contribution >= 4 is 35.2 Å². The lowest BCUT2D eigenvalue weighted by Gasteiger charge is -2.20. The number of nitrogens with zero attached hydrogens (tertiary/aromatic N) is 1. The van der Waals surface area contributed by atoms with Crippen molar-refractivity contribution in [2.24, 2.45) is 5.41 Å². The topological polar surface area (TPSA) is 95.6 Å². The van der Waals surface area contributed by atoms with Crippen molar-refractivity contribution in [3.05, 3.63) is 35.4 Å². The molecule has 146 valence electrons. The number of hydrogen-bond acceptors (Lipinski definition) is 4. The van der Waals surface area contributed by atoms with Crippen LogP contribution in [0, 0.1) is 5.41 Å². The highest BCUT2D eigenvalue weighted by atomic mass is 35.5. The first-order valence-electron chi connectivity index (χ1n) is 8.84. The van der Waals surface area contributed by atoms with Gasteiger partial charge in [0.25, 0.3) is 11.8 Å². The summed E-state index contributed by atoms with van der Waals surface area (Å²) in [5.74, 6) is -0.792. The zero-order valence-electron chi connectivity index (χ0n) is 15.5. The lowest BCUT2D eigenvalue weighted by molar-refractivity contribution is -0.128. The second kappa shape index (κ2) is 8.99. The second-order valence-electron chi connectivity index (χ2n) is 7.03. The molecule has 0 fully saturated rings. The van der Waals surface area contributed by atoms with Crippen LogP contribution in [-0.4, -0.2) is 54.0 Å². The third kappa shape index (κ3) is 5.07.